The molecule has 3 aromatic rings. The van der Waals surface area contributed by atoms with Crippen LogP contribution in [0.4, 0.5) is 5.69 Å². The molecule has 0 bridgehead atoms. The highest BCUT2D eigenvalue weighted by atomic mass is 35.5. The summed E-state index contributed by atoms with van der Waals surface area (Å²) in [6.07, 6.45) is 5.04. The Balaban J connectivity index is 1.52. The Morgan fingerprint density at radius 3 is 2.32 bits per heavy atom. The summed E-state index contributed by atoms with van der Waals surface area (Å²) in [7, 11) is 0. The number of pyridine rings is 2. The van der Waals surface area contributed by atoms with E-state index < -0.39 is 0 Å². The second-order valence-corrected chi connectivity index (χ2v) is 5.89. The molecule has 1 aromatic carbocycles. The van der Waals surface area contributed by atoms with E-state index in [1.807, 2.05) is 42.5 Å². The van der Waals surface area contributed by atoms with E-state index in [-0.39, 0.29) is 5.91 Å². The molecule has 0 radical (unpaired) electrons. The van der Waals surface area contributed by atoms with E-state index in [2.05, 4.69) is 20.6 Å². The highest BCUT2D eigenvalue weighted by Crippen LogP contribution is 2.12. The first-order valence-corrected chi connectivity index (χ1v) is 8.20. The van der Waals surface area contributed by atoms with Crippen LogP contribution in [0.15, 0.2) is 67.1 Å². The van der Waals surface area contributed by atoms with Crippen LogP contribution in [0.2, 0.25) is 5.02 Å². The first-order chi connectivity index (χ1) is 12.2. The molecule has 0 unspecified atom stereocenters. The summed E-state index contributed by atoms with van der Waals surface area (Å²) >= 11 is 5.87. The summed E-state index contributed by atoms with van der Waals surface area (Å²) in [5.74, 6) is -0.207. The summed E-state index contributed by atoms with van der Waals surface area (Å²) in [5.41, 5.74) is 3.33. The van der Waals surface area contributed by atoms with Crippen molar-refractivity contribution in [3.05, 3.63) is 89.0 Å². The SMILES string of the molecule is O=C(NCc1ccncc1)c1ccc(NCc2ccc(Cl)cc2)cn1. The van der Waals surface area contributed by atoms with Gasteiger partial charge in [-0.3, -0.25) is 9.78 Å². The van der Waals surface area contributed by atoms with Crippen molar-refractivity contribution in [3.8, 4) is 0 Å². The summed E-state index contributed by atoms with van der Waals surface area (Å²) in [4.78, 5) is 20.3. The third-order valence-corrected chi connectivity index (χ3v) is 3.86. The van der Waals surface area contributed by atoms with E-state index in [1.165, 1.54) is 0 Å². The van der Waals surface area contributed by atoms with Crippen LogP contribution in [0.5, 0.6) is 0 Å². The van der Waals surface area contributed by atoms with Crippen LogP contribution >= 0.6 is 11.6 Å². The molecule has 0 saturated heterocycles. The predicted octanol–water partition coefficient (Wildman–Crippen LogP) is 3.67. The van der Waals surface area contributed by atoms with Gasteiger partial charge >= 0.3 is 0 Å². The van der Waals surface area contributed by atoms with Crippen LogP contribution in [0.1, 0.15) is 21.6 Å². The molecule has 2 heterocycles. The van der Waals surface area contributed by atoms with Gasteiger partial charge in [-0.25, -0.2) is 4.98 Å². The Morgan fingerprint density at radius 1 is 0.920 bits per heavy atom. The molecule has 0 atom stereocenters. The van der Waals surface area contributed by atoms with Crippen LogP contribution in [-0.4, -0.2) is 15.9 Å². The van der Waals surface area contributed by atoms with E-state index in [1.54, 1.807) is 24.7 Å². The number of anilines is 1. The van der Waals surface area contributed by atoms with E-state index in [9.17, 15) is 4.79 Å². The third kappa shape index (κ3) is 5.02. The Kier molecular flexibility index (Phi) is 5.59. The highest BCUT2D eigenvalue weighted by Gasteiger charge is 2.06. The zero-order chi connectivity index (χ0) is 17.5. The lowest BCUT2D eigenvalue weighted by Gasteiger charge is -2.08. The molecule has 0 aliphatic rings. The molecule has 6 heteroatoms. The number of hydrogen-bond acceptors (Lipinski definition) is 4. The average molecular weight is 353 g/mol. The normalized spacial score (nSPS) is 10.3. The second kappa shape index (κ2) is 8.26. The lowest BCUT2D eigenvalue weighted by Crippen LogP contribution is -2.23. The number of nitrogens with zero attached hydrogens (tertiary/aromatic N) is 2. The van der Waals surface area contributed by atoms with Crippen molar-refractivity contribution in [3.63, 3.8) is 0 Å². The van der Waals surface area contributed by atoms with Crippen molar-refractivity contribution in [2.24, 2.45) is 0 Å². The fourth-order valence-electron chi connectivity index (χ4n) is 2.21. The molecule has 0 aliphatic heterocycles. The van der Waals surface area contributed by atoms with Crippen LogP contribution in [0, 0.1) is 0 Å². The summed E-state index contributed by atoms with van der Waals surface area (Å²) in [5, 5.41) is 6.81. The minimum absolute atomic E-state index is 0.207. The Hall–Kier alpha value is -2.92. The molecule has 2 aromatic heterocycles. The van der Waals surface area contributed by atoms with Gasteiger partial charge in [-0.2, -0.15) is 0 Å². The lowest BCUT2D eigenvalue weighted by atomic mass is 10.2. The van der Waals surface area contributed by atoms with Gasteiger partial charge < -0.3 is 10.6 Å². The number of nitrogens with one attached hydrogen (secondary N) is 2. The van der Waals surface area contributed by atoms with E-state index >= 15 is 0 Å². The molecule has 3 rings (SSSR count). The van der Waals surface area contributed by atoms with Crippen LogP contribution in [0.25, 0.3) is 0 Å². The molecule has 1 amide bonds. The second-order valence-electron chi connectivity index (χ2n) is 5.45. The molecule has 25 heavy (non-hydrogen) atoms. The lowest BCUT2D eigenvalue weighted by molar-refractivity contribution is 0.0946. The summed E-state index contributed by atoms with van der Waals surface area (Å²) in [6, 6.07) is 14.9. The number of benzene rings is 1. The largest absolute Gasteiger partial charge is 0.380 e. The first-order valence-electron chi connectivity index (χ1n) is 7.82. The van der Waals surface area contributed by atoms with Gasteiger partial charge in [-0.1, -0.05) is 23.7 Å². The average Bonchev–Trinajstić information content (AvgIpc) is 2.67. The minimum atomic E-state index is -0.207. The van der Waals surface area contributed by atoms with E-state index in [0.29, 0.717) is 23.8 Å². The quantitative estimate of drug-likeness (QED) is 0.710. The van der Waals surface area contributed by atoms with E-state index in [0.717, 1.165) is 16.8 Å². The maximum absolute atomic E-state index is 12.1. The topological polar surface area (TPSA) is 66.9 Å². The van der Waals surface area contributed by atoms with Gasteiger partial charge in [0.2, 0.25) is 0 Å². The van der Waals surface area contributed by atoms with Gasteiger partial charge in [0.05, 0.1) is 11.9 Å². The Labute approximate surface area is 151 Å². The first kappa shape index (κ1) is 16.9. The zero-order valence-corrected chi connectivity index (χ0v) is 14.2. The van der Waals surface area contributed by atoms with Crippen molar-refractivity contribution >= 4 is 23.2 Å². The molecule has 0 aliphatic carbocycles. The molecular weight excluding hydrogens is 336 g/mol. The molecule has 0 fully saturated rings. The van der Waals surface area contributed by atoms with Gasteiger partial charge in [0.1, 0.15) is 5.69 Å². The number of halogens is 1. The molecule has 5 nitrogen and oxygen atoms in total. The third-order valence-electron chi connectivity index (χ3n) is 3.61. The van der Waals surface area contributed by atoms with Crippen LogP contribution in [-0.2, 0) is 13.1 Å². The van der Waals surface area contributed by atoms with Gasteiger partial charge in [-0.05, 0) is 47.5 Å². The standard InChI is InChI=1S/C19H17ClN4O/c20-16-3-1-14(2-4-16)11-22-17-5-6-18(23-13-17)19(25)24-12-15-7-9-21-10-8-15/h1-10,13,22H,11-12H2,(H,24,25). The fraction of sp³-hybridized carbons (Fsp3) is 0.105. The maximum atomic E-state index is 12.1. The molecular formula is C19H17ClN4O. The van der Waals surface area contributed by atoms with Crippen molar-refractivity contribution in [2.45, 2.75) is 13.1 Å². The Bertz CT molecular complexity index is 820. The number of amides is 1. The molecule has 2 N–H and O–H groups in total. The number of hydrogen-bond donors (Lipinski definition) is 2. The maximum Gasteiger partial charge on any atom is 0.270 e. The Morgan fingerprint density at radius 2 is 1.64 bits per heavy atom. The van der Waals surface area contributed by atoms with Gasteiger partial charge in [0.25, 0.3) is 5.91 Å². The monoisotopic (exact) mass is 352 g/mol. The fourth-order valence-corrected chi connectivity index (χ4v) is 2.34. The highest BCUT2D eigenvalue weighted by molar-refractivity contribution is 6.30. The van der Waals surface area contributed by atoms with Crippen molar-refractivity contribution in [1.29, 1.82) is 0 Å². The smallest absolute Gasteiger partial charge is 0.270 e. The number of rotatable bonds is 6. The van der Waals surface area contributed by atoms with Crippen molar-refractivity contribution in [1.82, 2.24) is 15.3 Å². The van der Waals surface area contributed by atoms with Crippen LogP contribution < -0.4 is 10.6 Å². The predicted molar refractivity (Wildman–Crippen MR) is 98.4 cm³/mol. The van der Waals surface area contributed by atoms with Crippen molar-refractivity contribution in [2.75, 3.05) is 5.32 Å². The van der Waals surface area contributed by atoms with Gasteiger partial charge in [0, 0.05) is 30.5 Å². The number of carbonyl (C=O) groups excluding carboxylic acids is 1. The molecule has 0 saturated carbocycles. The minimum Gasteiger partial charge on any atom is -0.380 e. The molecule has 0 spiro atoms. The number of aromatic nitrogens is 2. The van der Waals surface area contributed by atoms with Crippen LogP contribution in [0.3, 0.4) is 0 Å². The summed E-state index contributed by atoms with van der Waals surface area (Å²) in [6.45, 7) is 1.10. The number of carbonyl (C=O) groups is 1. The summed E-state index contributed by atoms with van der Waals surface area (Å²) < 4.78 is 0. The van der Waals surface area contributed by atoms with E-state index in [4.69, 9.17) is 11.6 Å². The van der Waals surface area contributed by atoms with Gasteiger partial charge in [0.15, 0.2) is 0 Å². The van der Waals surface area contributed by atoms with Crippen molar-refractivity contribution < 1.29 is 4.79 Å². The van der Waals surface area contributed by atoms with Gasteiger partial charge in [-0.15, -0.1) is 0 Å². The molecule has 126 valence electrons. The zero-order valence-electron chi connectivity index (χ0n) is 13.4.